The molecule has 0 aromatic carbocycles. The Balaban J connectivity index is 2.53. The van der Waals surface area contributed by atoms with E-state index in [0.29, 0.717) is 17.7 Å². The van der Waals surface area contributed by atoms with Gasteiger partial charge in [-0.3, -0.25) is 4.79 Å². The Labute approximate surface area is 138 Å². The fourth-order valence-electron chi connectivity index (χ4n) is 3.13. The lowest BCUT2D eigenvalue weighted by Crippen LogP contribution is -2.38. The molecule has 1 saturated carbocycles. The van der Waals surface area contributed by atoms with E-state index in [4.69, 9.17) is 0 Å². The molecule has 22 heavy (non-hydrogen) atoms. The van der Waals surface area contributed by atoms with Crippen LogP contribution < -0.4 is 0 Å². The van der Waals surface area contributed by atoms with Gasteiger partial charge in [-0.05, 0) is 63.7 Å². The van der Waals surface area contributed by atoms with Crippen molar-refractivity contribution in [3.63, 3.8) is 0 Å². The van der Waals surface area contributed by atoms with Crippen molar-refractivity contribution >= 4 is 5.91 Å². The van der Waals surface area contributed by atoms with Crippen LogP contribution in [0.4, 0.5) is 0 Å². The average molecular weight is 308 g/mol. The summed E-state index contributed by atoms with van der Waals surface area (Å²) in [6, 6.07) is 0. The second-order valence-electron chi connectivity index (χ2n) is 7.50. The minimum absolute atomic E-state index is 0.379. The smallest absolute Gasteiger partial charge is 0.222 e. The first-order valence-electron chi connectivity index (χ1n) is 9.39. The van der Waals surface area contributed by atoms with Gasteiger partial charge < -0.3 is 4.90 Å². The second-order valence-corrected chi connectivity index (χ2v) is 7.50. The lowest BCUT2D eigenvalue weighted by atomic mass is 9.87. The average Bonchev–Trinajstić information content (AvgIpc) is 3.26. The minimum atomic E-state index is 0.379. The van der Waals surface area contributed by atoms with Crippen LogP contribution in [0.2, 0.25) is 0 Å². The molecule has 1 aliphatic carbocycles. The van der Waals surface area contributed by atoms with E-state index in [2.05, 4.69) is 45.6 Å². The summed E-state index contributed by atoms with van der Waals surface area (Å²) in [4.78, 5) is 14.6. The van der Waals surface area contributed by atoms with Crippen molar-refractivity contribution in [1.29, 1.82) is 0 Å². The van der Waals surface area contributed by atoms with Crippen LogP contribution >= 0.6 is 0 Å². The summed E-state index contributed by atoms with van der Waals surface area (Å²) < 4.78 is 0. The van der Waals surface area contributed by atoms with Crippen LogP contribution in [-0.4, -0.2) is 23.9 Å². The van der Waals surface area contributed by atoms with Crippen molar-refractivity contribution < 1.29 is 4.79 Å². The first-order valence-corrected chi connectivity index (χ1v) is 9.39. The molecule has 1 aliphatic rings. The van der Waals surface area contributed by atoms with Crippen LogP contribution in [-0.2, 0) is 4.79 Å². The van der Waals surface area contributed by atoms with Crippen LogP contribution in [0.15, 0.2) is 11.6 Å². The maximum Gasteiger partial charge on any atom is 0.222 e. The molecule has 0 N–H and O–H groups in total. The molecule has 0 aliphatic heterocycles. The molecule has 2 nitrogen and oxygen atoms in total. The third-order valence-corrected chi connectivity index (χ3v) is 4.95. The van der Waals surface area contributed by atoms with Crippen molar-refractivity contribution in [2.75, 3.05) is 13.1 Å². The number of rotatable bonds is 11. The molecular weight excluding hydrogens is 270 g/mol. The Bertz CT molecular complexity index is 353. The largest absolute Gasteiger partial charge is 0.342 e. The van der Waals surface area contributed by atoms with E-state index in [-0.39, 0.29) is 0 Å². The predicted octanol–water partition coefficient (Wildman–Crippen LogP) is 5.43. The highest BCUT2D eigenvalue weighted by Crippen LogP contribution is 2.31. The maximum absolute atomic E-state index is 12.4. The molecule has 0 aromatic heterocycles. The number of hydrogen-bond donors (Lipinski definition) is 0. The van der Waals surface area contributed by atoms with E-state index in [9.17, 15) is 4.79 Å². The predicted molar refractivity (Wildman–Crippen MR) is 95.8 cm³/mol. The first-order chi connectivity index (χ1) is 10.5. The van der Waals surface area contributed by atoms with Gasteiger partial charge in [0, 0.05) is 19.5 Å². The monoisotopic (exact) mass is 307 g/mol. The third kappa shape index (κ3) is 7.47. The van der Waals surface area contributed by atoms with Crippen LogP contribution in [0.25, 0.3) is 0 Å². The Morgan fingerprint density at radius 1 is 1.27 bits per heavy atom. The first kappa shape index (κ1) is 19.3. The number of amides is 1. The summed E-state index contributed by atoms with van der Waals surface area (Å²) >= 11 is 0. The second kappa shape index (κ2) is 10.1. The molecule has 1 unspecified atom stereocenters. The van der Waals surface area contributed by atoms with Gasteiger partial charge in [0.2, 0.25) is 5.91 Å². The summed E-state index contributed by atoms with van der Waals surface area (Å²) in [5, 5.41) is 0. The van der Waals surface area contributed by atoms with E-state index in [1.54, 1.807) is 0 Å². The van der Waals surface area contributed by atoms with E-state index in [0.717, 1.165) is 31.8 Å². The summed E-state index contributed by atoms with van der Waals surface area (Å²) in [5.41, 5.74) is 1.41. The zero-order chi connectivity index (χ0) is 16.5. The summed E-state index contributed by atoms with van der Waals surface area (Å²) in [6.07, 6.45) is 10.3. The number of nitrogens with zero attached hydrogens (tertiary/aromatic N) is 1. The Kier molecular flexibility index (Phi) is 8.82. The van der Waals surface area contributed by atoms with Gasteiger partial charge in [-0.2, -0.15) is 0 Å². The topological polar surface area (TPSA) is 20.3 Å². The zero-order valence-corrected chi connectivity index (χ0v) is 15.5. The molecule has 0 bridgehead atoms. The van der Waals surface area contributed by atoms with Crippen LogP contribution in [0.1, 0.15) is 79.6 Å². The van der Waals surface area contributed by atoms with Crippen molar-refractivity contribution in [3.8, 4) is 0 Å². The third-order valence-electron chi connectivity index (χ3n) is 4.95. The van der Waals surface area contributed by atoms with E-state index in [1.165, 1.54) is 37.7 Å². The minimum Gasteiger partial charge on any atom is -0.342 e. The number of carbonyl (C=O) groups is 1. The van der Waals surface area contributed by atoms with Gasteiger partial charge >= 0.3 is 0 Å². The van der Waals surface area contributed by atoms with Gasteiger partial charge in [-0.1, -0.05) is 38.8 Å². The number of hydrogen-bond acceptors (Lipinski definition) is 1. The Hall–Kier alpha value is -0.790. The Morgan fingerprint density at radius 3 is 2.45 bits per heavy atom. The molecule has 2 heteroatoms. The fourth-order valence-corrected chi connectivity index (χ4v) is 3.13. The molecule has 128 valence electrons. The quantitative estimate of drug-likeness (QED) is 0.466. The molecule has 1 fully saturated rings. The molecule has 2 atom stereocenters. The highest BCUT2D eigenvalue weighted by molar-refractivity contribution is 5.76. The van der Waals surface area contributed by atoms with E-state index < -0.39 is 0 Å². The fraction of sp³-hybridized carbons (Fsp3) is 0.850. The molecule has 0 saturated heterocycles. The molecule has 0 heterocycles. The molecule has 0 aromatic rings. The normalized spacial score (nSPS) is 17.0. The molecule has 0 radical (unpaired) electrons. The summed E-state index contributed by atoms with van der Waals surface area (Å²) in [5.74, 6) is 2.51. The maximum atomic E-state index is 12.4. The van der Waals surface area contributed by atoms with Gasteiger partial charge in [0.05, 0.1) is 0 Å². The Morgan fingerprint density at radius 2 is 1.95 bits per heavy atom. The van der Waals surface area contributed by atoms with Crippen LogP contribution in [0, 0.1) is 17.8 Å². The SMILES string of the molecule is CCCC(=O)N(CC1CC1)C[C@@H](CC)C(C)CCC=C(C)C. The number of carbonyl (C=O) groups excluding carboxylic acids is 1. The molecular formula is C20H37NO. The summed E-state index contributed by atoms with van der Waals surface area (Å²) in [6.45, 7) is 13.1. The van der Waals surface area contributed by atoms with E-state index >= 15 is 0 Å². The number of allylic oxidation sites excluding steroid dienone is 2. The van der Waals surface area contributed by atoms with Crippen molar-refractivity contribution in [1.82, 2.24) is 4.90 Å². The van der Waals surface area contributed by atoms with Gasteiger partial charge in [0.15, 0.2) is 0 Å². The van der Waals surface area contributed by atoms with Gasteiger partial charge in [-0.15, -0.1) is 0 Å². The van der Waals surface area contributed by atoms with Crippen molar-refractivity contribution in [2.24, 2.45) is 17.8 Å². The van der Waals surface area contributed by atoms with Crippen molar-refractivity contribution in [2.45, 2.75) is 79.6 Å². The summed E-state index contributed by atoms with van der Waals surface area (Å²) in [7, 11) is 0. The highest BCUT2D eigenvalue weighted by Gasteiger charge is 2.28. The van der Waals surface area contributed by atoms with Gasteiger partial charge in [0.1, 0.15) is 0 Å². The van der Waals surface area contributed by atoms with E-state index in [1.807, 2.05) is 0 Å². The molecule has 0 spiro atoms. The highest BCUT2D eigenvalue weighted by atomic mass is 16.2. The van der Waals surface area contributed by atoms with Crippen LogP contribution in [0.3, 0.4) is 0 Å². The lowest BCUT2D eigenvalue weighted by molar-refractivity contribution is -0.132. The van der Waals surface area contributed by atoms with Gasteiger partial charge in [0.25, 0.3) is 0 Å². The standard InChI is InChI=1S/C20H37NO/c1-6-9-20(22)21(14-18-12-13-18)15-19(7-2)17(5)11-8-10-16(3)4/h10,17-19H,6-9,11-15H2,1-5H3/t17?,19-/m1/s1. The van der Waals surface area contributed by atoms with Crippen molar-refractivity contribution in [3.05, 3.63) is 11.6 Å². The molecule has 1 amide bonds. The molecule has 1 rings (SSSR count). The van der Waals surface area contributed by atoms with Crippen LogP contribution in [0.5, 0.6) is 0 Å². The zero-order valence-electron chi connectivity index (χ0n) is 15.5. The lowest BCUT2D eigenvalue weighted by Gasteiger charge is -2.31. The van der Waals surface area contributed by atoms with Gasteiger partial charge in [-0.25, -0.2) is 0 Å².